The number of benzene rings is 1. The summed E-state index contributed by atoms with van der Waals surface area (Å²) in [5.41, 5.74) is 10.0. The summed E-state index contributed by atoms with van der Waals surface area (Å²) in [5, 5.41) is 3.14. The topological polar surface area (TPSA) is 81.8 Å². The van der Waals surface area contributed by atoms with Crippen LogP contribution in [-0.2, 0) is 10.2 Å². The molecule has 2 aromatic rings. The van der Waals surface area contributed by atoms with Gasteiger partial charge in [0.1, 0.15) is 11.6 Å². The summed E-state index contributed by atoms with van der Waals surface area (Å²) in [5.74, 6) is 3.62. The van der Waals surface area contributed by atoms with E-state index in [-0.39, 0.29) is 11.3 Å². The van der Waals surface area contributed by atoms with Crippen molar-refractivity contribution in [1.82, 2.24) is 20.7 Å². The van der Waals surface area contributed by atoms with Gasteiger partial charge in [0.15, 0.2) is 0 Å². The SMILES string of the molecule is COc1ccc2c(c1)[C@]1(C[C@@H]1C1CCC3C(/C=C/c4ccc(N5CCN(C)CC5)nc4)NNC3C1)C(=O)N2. The van der Waals surface area contributed by atoms with Gasteiger partial charge in [0.2, 0.25) is 5.91 Å². The highest BCUT2D eigenvalue weighted by atomic mass is 16.5. The predicted molar refractivity (Wildman–Crippen MR) is 149 cm³/mol. The molecule has 38 heavy (non-hydrogen) atoms. The Morgan fingerprint density at radius 3 is 2.76 bits per heavy atom. The molecule has 8 nitrogen and oxygen atoms in total. The minimum Gasteiger partial charge on any atom is -0.497 e. The highest BCUT2D eigenvalue weighted by Gasteiger charge is 2.67. The van der Waals surface area contributed by atoms with Gasteiger partial charge in [-0.15, -0.1) is 0 Å². The number of nitrogens with zero attached hydrogens (tertiary/aromatic N) is 3. The number of rotatable bonds is 5. The molecule has 0 bridgehead atoms. The lowest BCUT2D eigenvalue weighted by atomic mass is 9.73. The number of hydrogen-bond donors (Lipinski definition) is 3. The van der Waals surface area contributed by atoms with Crippen molar-refractivity contribution in [3.8, 4) is 5.75 Å². The van der Waals surface area contributed by atoms with E-state index in [1.165, 1.54) is 12.8 Å². The lowest BCUT2D eigenvalue weighted by molar-refractivity contribution is -0.118. The first kappa shape index (κ1) is 24.1. The number of methoxy groups -OCH3 is 1. The Morgan fingerprint density at radius 2 is 1.97 bits per heavy atom. The summed E-state index contributed by atoms with van der Waals surface area (Å²) in [6.45, 7) is 4.25. The van der Waals surface area contributed by atoms with Crippen molar-refractivity contribution in [2.75, 3.05) is 50.6 Å². The summed E-state index contributed by atoms with van der Waals surface area (Å²) >= 11 is 0. The zero-order valence-corrected chi connectivity index (χ0v) is 22.3. The summed E-state index contributed by atoms with van der Waals surface area (Å²) in [6.07, 6.45) is 10.9. The van der Waals surface area contributed by atoms with Gasteiger partial charge in [0, 0.05) is 50.1 Å². The van der Waals surface area contributed by atoms with Gasteiger partial charge in [-0.05, 0) is 91.9 Å². The van der Waals surface area contributed by atoms with Gasteiger partial charge in [-0.2, -0.15) is 0 Å². The van der Waals surface area contributed by atoms with Gasteiger partial charge in [-0.1, -0.05) is 12.2 Å². The third-order valence-electron chi connectivity index (χ3n) is 9.88. The number of fused-ring (bicyclic) bond motifs is 3. The molecule has 4 heterocycles. The van der Waals surface area contributed by atoms with Crippen molar-refractivity contribution >= 4 is 23.5 Å². The highest BCUT2D eigenvalue weighted by Crippen LogP contribution is 2.65. The number of ether oxygens (including phenoxy) is 1. The number of likely N-dealkylation sites (N-methyl/N-ethyl adjacent to an activating group) is 1. The molecule has 2 saturated carbocycles. The summed E-state index contributed by atoms with van der Waals surface area (Å²) < 4.78 is 5.47. The Hall–Kier alpha value is -2.94. The molecule has 1 aromatic carbocycles. The van der Waals surface area contributed by atoms with Gasteiger partial charge in [-0.25, -0.2) is 4.98 Å². The van der Waals surface area contributed by atoms with Crippen LogP contribution in [0.3, 0.4) is 0 Å². The maximum Gasteiger partial charge on any atom is 0.235 e. The molecule has 7 rings (SSSR count). The van der Waals surface area contributed by atoms with Crippen LogP contribution in [0.25, 0.3) is 6.08 Å². The van der Waals surface area contributed by atoms with Crippen molar-refractivity contribution in [1.29, 1.82) is 0 Å². The van der Waals surface area contributed by atoms with Crippen LogP contribution in [-0.4, -0.2) is 68.2 Å². The van der Waals surface area contributed by atoms with Crippen molar-refractivity contribution in [2.24, 2.45) is 17.8 Å². The lowest BCUT2D eigenvalue weighted by Gasteiger charge is -2.33. The van der Waals surface area contributed by atoms with Crippen LogP contribution in [0.5, 0.6) is 5.75 Å². The number of hydrazine groups is 1. The van der Waals surface area contributed by atoms with E-state index >= 15 is 0 Å². The van der Waals surface area contributed by atoms with Crippen LogP contribution in [0.1, 0.15) is 36.8 Å². The molecule has 200 valence electrons. The predicted octanol–water partition coefficient (Wildman–Crippen LogP) is 3.03. The number of nitrogens with one attached hydrogen (secondary N) is 3. The molecule has 2 aliphatic carbocycles. The smallest absolute Gasteiger partial charge is 0.235 e. The van der Waals surface area contributed by atoms with Crippen molar-refractivity contribution in [3.63, 3.8) is 0 Å². The fraction of sp³-hybridized carbons (Fsp3) is 0.533. The quantitative estimate of drug-likeness (QED) is 0.566. The molecule has 1 aromatic heterocycles. The van der Waals surface area contributed by atoms with Crippen LogP contribution in [0.2, 0.25) is 0 Å². The number of anilines is 2. The zero-order valence-electron chi connectivity index (χ0n) is 22.3. The first-order valence-electron chi connectivity index (χ1n) is 14.1. The monoisotopic (exact) mass is 514 g/mol. The van der Waals surface area contributed by atoms with Crippen LogP contribution < -0.4 is 25.8 Å². The molecule has 1 spiro atoms. The number of hydrogen-bond acceptors (Lipinski definition) is 7. The normalized spacial score (nSPS) is 34.4. The molecular weight excluding hydrogens is 476 g/mol. The minimum absolute atomic E-state index is 0.179. The molecule has 5 aliphatic rings. The number of pyridine rings is 1. The largest absolute Gasteiger partial charge is 0.497 e. The Kier molecular flexibility index (Phi) is 5.94. The molecular formula is C30H38N6O2. The maximum atomic E-state index is 13.1. The second-order valence-corrected chi connectivity index (χ2v) is 11.9. The molecule has 2 saturated heterocycles. The third-order valence-corrected chi connectivity index (χ3v) is 9.88. The van der Waals surface area contributed by atoms with E-state index in [0.717, 1.165) is 67.4 Å². The van der Waals surface area contributed by atoms with Crippen molar-refractivity contribution < 1.29 is 9.53 Å². The third kappa shape index (κ3) is 4.01. The van der Waals surface area contributed by atoms with Crippen molar-refractivity contribution in [2.45, 2.75) is 43.2 Å². The molecule has 8 heteroatoms. The minimum atomic E-state index is -0.351. The van der Waals surface area contributed by atoms with E-state index in [1.807, 2.05) is 18.3 Å². The van der Waals surface area contributed by atoms with Crippen LogP contribution in [0, 0.1) is 17.8 Å². The molecule has 3 N–H and O–H groups in total. The number of amides is 1. The number of carbonyl (C=O) groups excluding carboxylic acids is 1. The fourth-order valence-electron chi connectivity index (χ4n) is 7.53. The molecule has 4 fully saturated rings. The second-order valence-electron chi connectivity index (χ2n) is 11.9. The summed E-state index contributed by atoms with van der Waals surface area (Å²) in [7, 11) is 3.86. The van der Waals surface area contributed by atoms with E-state index in [1.54, 1.807) is 7.11 Å². The molecule has 1 amide bonds. The van der Waals surface area contributed by atoms with Gasteiger partial charge >= 0.3 is 0 Å². The Labute approximate surface area is 224 Å². The van der Waals surface area contributed by atoms with Crippen LogP contribution >= 0.6 is 0 Å². The molecule has 3 aliphatic heterocycles. The van der Waals surface area contributed by atoms with E-state index in [4.69, 9.17) is 9.72 Å². The number of aromatic nitrogens is 1. The van der Waals surface area contributed by atoms with Gasteiger partial charge in [-0.3, -0.25) is 15.6 Å². The zero-order chi connectivity index (χ0) is 25.9. The lowest BCUT2D eigenvalue weighted by Crippen LogP contribution is -2.44. The maximum absolute atomic E-state index is 13.1. The first-order chi connectivity index (χ1) is 18.5. The van der Waals surface area contributed by atoms with Crippen molar-refractivity contribution in [3.05, 3.63) is 53.7 Å². The summed E-state index contributed by atoms with van der Waals surface area (Å²) in [4.78, 5) is 22.6. The fourth-order valence-corrected chi connectivity index (χ4v) is 7.53. The Bertz CT molecular complexity index is 1240. The average Bonchev–Trinajstić information content (AvgIpc) is 3.49. The van der Waals surface area contributed by atoms with E-state index in [9.17, 15) is 4.79 Å². The number of carbonyl (C=O) groups is 1. The Morgan fingerprint density at radius 1 is 1.11 bits per heavy atom. The summed E-state index contributed by atoms with van der Waals surface area (Å²) in [6, 6.07) is 11.1. The van der Waals surface area contributed by atoms with Gasteiger partial charge in [0.25, 0.3) is 0 Å². The van der Waals surface area contributed by atoms with E-state index in [2.05, 4.69) is 63.4 Å². The average molecular weight is 515 g/mol. The molecule has 4 unspecified atom stereocenters. The van der Waals surface area contributed by atoms with Gasteiger partial charge in [0.05, 0.1) is 12.5 Å². The second kappa shape index (κ2) is 9.36. The van der Waals surface area contributed by atoms with Gasteiger partial charge < -0.3 is 19.9 Å². The molecule has 0 radical (unpaired) electrons. The van der Waals surface area contributed by atoms with E-state index < -0.39 is 0 Å². The van der Waals surface area contributed by atoms with E-state index in [0.29, 0.717) is 29.8 Å². The number of piperazine rings is 1. The van der Waals surface area contributed by atoms with Crippen LogP contribution in [0.15, 0.2) is 42.6 Å². The first-order valence-corrected chi connectivity index (χ1v) is 14.1. The Balaban J connectivity index is 0.977. The molecule has 6 atom stereocenters. The standard InChI is InChI=1S/C30H38N6O2/c1-35-11-13-36(14-12-35)28-10-4-19(18-31-28)3-8-25-22-7-5-20(15-27(22)34-33-25)24-17-30(24)23-16-21(38-2)6-9-26(23)32-29(30)37/h3-4,6,8-10,16,18,20,22,24-25,27,33-34H,5,7,11-15,17H2,1-2H3,(H,32,37)/b8-3+/t20?,22?,24-,25?,27?,30+/m1/s1. The van der Waals surface area contributed by atoms with Crippen LogP contribution in [0.4, 0.5) is 11.5 Å². The highest BCUT2D eigenvalue weighted by molar-refractivity contribution is 6.09.